The monoisotopic (exact) mass is 565 g/mol. The van der Waals surface area contributed by atoms with E-state index in [1.807, 2.05) is 67.4 Å². The number of hydrogen-bond acceptors (Lipinski definition) is 3. The van der Waals surface area contributed by atoms with Crippen LogP contribution in [0.4, 0.5) is 0 Å². The average molecular weight is 567 g/mol. The fourth-order valence-corrected chi connectivity index (χ4v) is 4.87. The molecule has 8 heteroatoms. The highest BCUT2D eigenvalue weighted by Crippen LogP contribution is 2.24. The molecule has 0 bridgehead atoms. The van der Waals surface area contributed by atoms with Crippen molar-refractivity contribution in [2.24, 2.45) is 5.92 Å². The predicted octanol–water partition coefficient (Wildman–Crippen LogP) is 6.85. The minimum atomic E-state index is -0.253. The zero-order valence-corrected chi connectivity index (χ0v) is 23.9. The molecule has 1 N–H and O–H groups in total. The van der Waals surface area contributed by atoms with E-state index in [1.165, 1.54) is 0 Å². The van der Waals surface area contributed by atoms with E-state index in [0.29, 0.717) is 41.7 Å². The lowest BCUT2D eigenvalue weighted by Crippen LogP contribution is -2.44. The topological polar surface area (TPSA) is 65.6 Å². The lowest BCUT2D eigenvalue weighted by Gasteiger charge is -2.29. The normalized spacial score (nSPS) is 11.1. The maximum atomic E-state index is 13.8. The Morgan fingerprint density at radius 1 is 0.949 bits per heavy atom. The highest BCUT2D eigenvalue weighted by molar-refractivity contribution is 6.42. The number of methoxy groups -OCH3 is 1. The third kappa shape index (κ3) is 7.34. The Kier molecular flexibility index (Phi) is 9.54. The molecule has 0 saturated heterocycles. The van der Waals surface area contributed by atoms with Crippen molar-refractivity contribution in [2.75, 3.05) is 26.7 Å². The highest BCUT2D eigenvalue weighted by atomic mass is 35.5. The van der Waals surface area contributed by atoms with Gasteiger partial charge < -0.3 is 19.5 Å². The summed E-state index contributed by atoms with van der Waals surface area (Å²) < 4.78 is 5.29. The van der Waals surface area contributed by atoms with Crippen LogP contribution in [0.2, 0.25) is 10.0 Å². The summed E-state index contributed by atoms with van der Waals surface area (Å²) in [6.07, 6.45) is 2.68. The summed E-state index contributed by atoms with van der Waals surface area (Å²) in [4.78, 5) is 34.0. The van der Waals surface area contributed by atoms with Crippen molar-refractivity contribution in [1.29, 1.82) is 0 Å². The highest BCUT2D eigenvalue weighted by Gasteiger charge is 2.24. The third-order valence-electron chi connectivity index (χ3n) is 6.58. The number of rotatable bonds is 11. The van der Waals surface area contributed by atoms with Crippen LogP contribution in [0.15, 0.2) is 72.9 Å². The first kappa shape index (κ1) is 28.5. The number of nitrogens with zero attached hydrogens (tertiary/aromatic N) is 2. The number of fused-ring (bicyclic) bond motifs is 1. The van der Waals surface area contributed by atoms with Gasteiger partial charge in [-0.25, -0.2) is 0 Å². The predicted molar refractivity (Wildman–Crippen MR) is 158 cm³/mol. The van der Waals surface area contributed by atoms with E-state index < -0.39 is 0 Å². The number of nitrogens with one attached hydrogen (secondary N) is 1. The van der Waals surface area contributed by atoms with Gasteiger partial charge in [0.2, 0.25) is 5.91 Å². The van der Waals surface area contributed by atoms with Crippen molar-refractivity contribution in [3.63, 3.8) is 0 Å². The number of H-pyrrole nitrogens is 1. The molecule has 0 spiro atoms. The molecule has 0 aliphatic heterocycles. The van der Waals surface area contributed by atoms with Crippen molar-refractivity contribution in [3.8, 4) is 5.75 Å². The van der Waals surface area contributed by atoms with E-state index in [0.717, 1.165) is 27.8 Å². The first-order valence-corrected chi connectivity index (χ1v) is 13.7. The second kappa shape index (κ2) is 13.0. The molecule has 39 heavy (non-hydrogen) atoms. The minimum Gasteiger partial charge on any atom is -0.497 e. The maximum Gasteiger partial charge on any atom is 0.254 e. The van der Waals surface area contributed by atoms with Crippen LogP contribution in [-0.4, -0.2) is 53.3 Å². The standard InChI is InChI=1S/C31H33Cl2N3O3/c1-21(2)18-36(31(38)23-10-13-27(32)28(33)16-23)20-30(37)35(19-22-8-11-25(39-3)12-9-22)15-14-24-17-34-29-7-5-4-6-26(24)29/h4-13,16-17,21,34H,14-15,18-20H2,1-3H3. The van der Waals surface area contributed by atoms with Gasteiger partial charge in [-0.2, -0.15) is 0 Å². The fraction of sp³-hybridized carbons (Fsp3) is 0.290. The lowest BCUT2D eigenvalue weighted by molar-refractivity contribution is -0.132. The molecule has 0 aliphatic carbocycles. The molecule has 0 atom stereocenters. The molecule has 1 heterocycles. The van der Waals surface area contributed by atoms with E-state index in [4.69, 9.17) is 27.9 Å². The molecule has 4 rings (SSSR count). The summed E-state index contributed by atoms with van der Waals surface area (Å²) in [6.45, 7) is 5.35. The van der Waals surface area contributed by atoms with Gasteiger partial charge >= 0.3 is 0 Å². The number of hydrogen-bond donors (Lipinski definition) is 1. The number of carbonyl (C=O) groups excluding carboxylic acids is 2. The van der Waals surface area contributed by atoms with Crippen LogP contribution in [0.5, 0.6) is 5.75 Å². The first-order valence-electron chi connectivity index (χ1n) is 12.9. The second-order valence-electron chi connectivity index (χ2n) is 9.98. The molecule has 2 amide bonds. The molecule has 0 unspecified atom stereocenters. The zero-order valence-electron chi connectivity index (χ0n) is 22.4. The van der Waals surface area contributed by atoms with Gasteiger partial charge in [0.05, 0.1) is 17.2 Å². The van der Waals surface area contributed by atoms with Crippen LogP contribution >= 0.6 is 23.2 Å². The minimum absolute atomic E-state index is 0.0404. The SMILES string of the molecule is COc1ccc(CN(CCc2c[nH]c3ccccc23)C(=O)CN(CC(C)C)C(=O)c2ccc(Cl)c(Cl)c2)cc1. The molecule has 0 fully saturated rings. The summed E-state index contributed by atoms with van der Waals surface area (Å²) in [6, 6.07) is 20.6. The number of aromatic amines is 1. The summed E-state index contributed by atoms with van der Waals surface area (Å²) in [5.74, 6) is 0.549. The van der Waals surface area contributed by atoms with Crippen molar-refractivity contribution in [1.82, 2.24) is 14.8 Å². The van der Waals surface area contributed by atoms with Crippen LogP contribution < -0.4 is 4.74 Å². The Morgan fingerprint density at radius 2 is 1.69 bits per heavy atom. The van der Waals surface area contributed by atoms with Crippen molar-refractivity contribution < 1.29 is 14.3 Å². The largest absolute Gasteiger partial charge is 0.497 e. The Bertz CT molecular complexity index is 1430. The van der Waals surface area contributed by atoms with Gasteiger partial charge in [0.25, 0.3) is 5.91 Å². The zero-order chi connectivity index (χ0) is 27.9. The summed E-state index contributed by atoms with van der Waals surface area (Å²) >= 11 is 12.2. The van der Waals surface area contributed by atoms with Crippen LogP contribution in [0, 0.1) is 5.92 Å². The molecule has 204 valence electrons. The van der Waals surface area contributed by atoms with Crippen LogP contribution in [0.1, 0.15) is 35.3 Å². The number of halogens is 2. The van der Waals surface area contributed by atoms with E-state index in [1.54, 1.807) is 30.2 Å². The van der Waals surface area contributed by atoms with Gasteiger partial charge in [0.15, 0.2) is 0 Å². The lowest BCUT2D eigenvalue weighted by atomic mass is 10.1. The second-order valence-corrected chi connectivity index (χ2v) is 10.8. The molecule has 6 nitrogen and oxygen atoms in total. The van der Waals surface area contributed by atoms with Gasteiger partial charge in [0, 0.05) is 42.3 Å². The quantitative estimate of drug-likeness (QED) is 0.216. The average Bonchev–Trinajstić information content (AvgIpc) is 3.35. The Hall–Kier alpha value is -3.48. The smallest absolute Gasteiger partial charge is 0.254 e. The number of carbonyl (C=O) groups is 2. The number of aromatic nitrogens is 1. The summed E-state index contributed by atoms with van der Waals surface area (Å²) in [5.41, 5.74) is 3.59. The van der Waals surface area contributed by atoms with Crippen molar-refractivity contribution >= 4 is 45.9 Å². The molecular formula is C31H33Cl2N3O3. The van der Waals surface area contributed by atoms with E-state index in [9.17, 15) is 9.59 Å². The first-order chi connectivity index (χ1) is 18.7. The van der Waals surface area contributed by atoms with Gasteiger partial charge in [0.1, 0.15) is 12.3 Å². The number of ether oxygens (including phenoxy) is 1. The van der Waals surface area contributed by atoms with Crippen LogP contribution in [0.25, 0.3) is 10.9 Å². The molecule has 0 radical (unpaired) electrons. The van der Waals surface area contributed by atoms with Crippen LogP contribution in [0.3, 0.4) is 0 Å². The van der Waals surface area contributed by atoms with Crippen molar-refractivity contribution in [3.05, 3.63) is 99.7 Å². The summed E-state index contributed by atoms with van der Waals surface area (Å²) in [5, 5.41) is 1.83. The molecule has 4 aromatic rings. The van der Waals surface area contributed by atoms with Crippen LogP contribution in [-0.2, 0) is 17.8 Å². The Morgan fingerprint density at radius 3 is 2.38 bits per heavy atom. The molecule has 3 aromatic carbocycles. The fourth-order valence-electron chi connectivity index (χ4n) is 4.57. The number of amides is 2. The third-order valence-corrected chi connectivity index (χ3v) is 7.32. The Balaban J connectivity index is 1.56. The van der Waals surface area contributed by atoms with E-state index in [-0.39, 0.29) is 24.3 Å². The van der Waals surface area contributed by atoms with Gasteiger partial charge in [-0.05, 0) is 59.9 Å². The molecule has 0 aliphatic rings. The maximum absolute atomic E-state index is 13.8. The molecular weight excluding hydrogens is 533 g/mol. The number of para-hydroxylation sites is 1. The van der Waals surface area contributed by atoms with E-state index in [2.05, 4.69) is 11.1 Å². The van der Waals surface area contributed by atoms with Gasteiger partial charge in [-0.1, -0.05) is 67.4 Å². The van der Waals surface area contributed by atoms with Gasteiger partial charge in [-0.3, -0.25) is 9.59 Å². The molecule has 0 saturated carbocycles. The Labute approximate surface area is 239 Å². The van der Waals surface area contributed by atoms with Gasteiger partial charge in [-0.15, -0.1) is 0 Å². The summed E-state index contributed by atoms with van der Waals surface area (Å²) in [7, 11) is 1.63. The van der Waals surface area contributed by atoms with Crippen molar-refractivity contribution in [2.45, 2.75) is 26.8 Å². The number of benzene rings is 3. The molecule has 1 aromatic heterocycles. The van der Waals surface area contributed by atoms with E-state index >= 15 is 0 Å².